The van der Waals surface area contributed by atoms with Crippen LogP contribution in [-0.4, -0.2) is 0 Å². The van der Waals surface area contributed by atoms with Gasteiger partial charge in [0.2, 0.25) is 0 Å². The van der Waals surface area contributed by atoms with E-state index < -0.39 is 0 Å². The molecule has 0 fully saturated rings. The molecular weight excluding hydrogens is 1060 g/mol. The molecule has 0 spiro atoms. The number of benzene rings is 12. The van der Waals surface area contributed by atoms with Crippen LogP contribution in [0.5, 0.6) is 0 Å². The standard InChI is InChI=1S/C66H46Cl4S4/c1-5-9-13-27-25-33-45-53-41-29(17-21-35(67)47(41)63(33)71-27)31-19-23-37(69)49-43(31)56(53)59-58-55(45)46-34-26-28(14-10-6-2)72-64(34)48-36(68)22-18-30-32-20-24-38(70)50-44(32)57(54(46)42(30)48)60(58)62-52(40(16-12-8-4)74-66(50)62)51-39(15-11-7-3)73-65(49)61(51)59/h17-26H,5-16H2,1-4H3. The van der Waals surface area contributed by atoms with Crippen molar-refractivity contribution in [3.05, 3.63) is 100 Å². The maximum atomic E-state index is 7.83. The first-order valence-corrected chi connectivity index (χ1v) is 31.7. The minimum absolute atomic E-state index is 0.828. The molecule has 0 radical (unpaired) electrons. The highest BCUT2D eigenvalue weighted by molar-refractivity contribution is 7.23. The molecule has 0 nitrogen and oxygen atoms in total. The molecule has 17 rings (SSSR count). The van der Waals surface area contributed by atoms with Gasteiger partial charge in [0.15, 0.2) is 0 Å². The van der Waals surface area contributed by atoms with E-state index in [9.17, 15) is 0 Å². The fourth-order valence-electron chi connectivity index (χ4n) is 14.8. The number of aryl methyl sites for hydroxylation is 4. The first-order valence-electron chi connectivity index (χ1n) is 26.9. The van der Waals surface area contributed by atoms with Gasteiger partial charge in [0.1, 0.15) is 0 Å². The minimum Gasteiger partial charge on any atom is -0.140 e. The van der Waals surface area contributed by atoms with Crippen LogP contribution in [0.1, 0.15) is 98.6 Å². The van der Waals surface area contributed by atoms with Crippen molar-refractivity contribution in [3.63, 3.8) is 0 Å². The van der Waals surface area contributed by atoms with E-state index in [2.05, 4.69) is 88.4 Å². The van der Waals surface area contributed by atoms with Gasteiger partial charge in [0.25, 0.3) is 0 Å². The SMILES string of the molecule is CCCCc1cc2c(s1)c1c(Cl)ccc3c4ccc(Cl)c5c6sc(CCCC)c7c6c6c(c45)c(c31)c2c1c2c3cc(CCCC)sc3c3c(Cl)ccc4c5ccc(Cl)c8c9sc(CCCC)c-7c9c(c(c58)c2c43)c61. The van der Waals surface area contributed by atoms with E-state index in [-0.39, 0.29) is 0 Å². The molecule has 0 N–H and O–H groups in total. The minimum atomic E-state index is 0.828. The first-order chi connectivity index (χ1) is 36.3. The second-order valence-corrected chi connectivity index (χ2v) is 27.8. The van der Waals surface area contributed by atoms with Gasteiger partial charge in [-0.3, -0.25) is 0 Å². The summed E-state index contributed by atoms with van der Waals surface area (Å²) in [7, 11) is 0. The average Bonchev–Trinajstić information content (AvgIpc) is 4.29. The van der Waals surface area contributed by atoms with Gasteiger partial charge in [-0.15, -0.1) is 45.3 Å². The molecule has 0 atom stereocenters. The maximum absolute atomic E-state index is 7.83. The largest absolute Gasteiger partial charge is 0.140 e. The van der Waals surface area contributed by atoms with Crippen molar-refractivity contribution in [1.82, 2.24) is 0 Å². The van der Waals surface area contributed by atoms with Gasteiger partial charge < -0.3 is 0 Å². The summed E-state index contributed by atoms with van der Waals surface area (Å²) in [6.07, 6.45) is 13.2. The summed E-state index contributed by atoms with van der Waals surface area (Å²) >= 11 is 39.1. The van der Waals surface area contributed by atoms with E-state index in [1.807, 2.05) is 45.3 Å². The topological polar surface area (TPSA) is 0 Å². The number of rotatable bonds is 12. The van der Waals surface area contributed by atoms with Crippen LogP contribution in [0.2, 0.25) is 20.1 Å². The van der Waals surface area contributed by atoms with E-state index in [0.717, 1.165) is 97.1 Å². The maximum Gasteiger partial charge on any atom is 0.0499 e. The molecule has 0 saturated heterocycles. The molecule has 0 saturated carbocycles. The van der Waals surface area contributed by atoms with Crippen LogP contribution in [-0.2, 0) is 25.7 Å². The Morgan fingerprint density at radius 1 is 0.284 bits per heavy atom. The molecular formula is C66H46Cl4S4. The summed E-state index contributed by atoms with van der Waals surface area (Å²) in [6.45, 7) is 9.31. The molecule has 362 valence electrons. The third-order valence-corrected chi connectivity index (χ3v) is 24.0. The molecule has 4 aromatic heterocycles. The Hall–Kier alpha value is -4.46. The molecule has 0 unspecified atom stereocenters. The van der Waals surface area contributed by atoms with Gasteiger partial charge in [-0.25, -0.2) is 0 Å². The molecule has 0 aliphatic heterocycles. The van der Waals surface area contributed by atoms with Gasteiger partial charge in [-0.05, 0) is 109 Å². The van der Waals surface area contributed by atoms with E-state index >= 15 is 0 Å². The Labute approximate surface area is 462 Å². The molecule has 74 heavy (non-hydrogen) atoms. The van der Waals surface area contributed by atoms with Crippen molar-refractivity contribution in [2.24, 2.45) is 0 Å². The van der Waals surface area contributed by atoms with Crippen LogP contribution in [0.25, 0.3) is 170 Å². The molecule has 4 heterocycles. The molecule has 16 aromatic rings. The van der Waals surface area contributed by atoms with Crippen LogP contribution in [0.3, 0.4) is 0 Å². The van der Waals surface area contributed by atoms with Crippen molar-refractivity contribution in [2.45, 2.75) is 105 Å². The van der Waals surface area contributed by atoms with Crippen LogP contribution in [0.4, 0.5) is 0 Å². The Morgan fingerprint density at radius 2 is 0.568 bits per heavy atom. The number of halogens is 4. The quantitative estimate of drug-likeness (QED) is 0.0845. The number of thiophene rings is 4. The van der Waals surface area contributed by atoms with Gasteiger partial charge >= 0.3 is 0 Å². The zero-order valence-electron chi connectivity index (χ0n) is 41.4. The average molecular weight is 1110 g/mol. The predicted octanol–water partition coefficient (Wildman–Crippen LogP) is 24.9. The Morgan fingerprint density at radius 3 is 0.919 bits per heavy atom. The summed E-state index contributed by atoms with van der Waals surface area (Å²) in [5.41, 5.74) is 2.90. The lowest BCUT2D eigenvalue weighted by molar-refractivity contribution is 0.801. The number of hydrogen-bond donors (Lipinski definition) is 0. The third kappa shape index (κ3) is 5.21. The second kappa shape index (κ2) is 15.6. The highest BCUT2D eigenvalue weighted by atomic mass is 35.5. The van der Waals surface area contributed by atoms with E-state index in [0.29, 0.717) is 0 Å². The highest BCUT2D eigenvalue weighted by Crippen LogP contribution is 2.66. The molecule has 1 aliphatic carbocycles. The van der Waals surface area contributed by atoms with Crippen molar-refractivity contribution in [2.75, 3.05) is 0 Å². The van der Waals surface area contributed by atoms with Crippen molar-refractivity contribution >= 4 is 251 Å². The number of hydrogen-bond acceptors (Lipinski definition) is 4. The van der Waals surface area contributed by atoms with E-state index in [4.69, 9.17) is 46.4 Å². The van der Waals surface area contributed by atoms with Crippen LogP contribution in [0.15, 0.2) is 60.7 Å². The predicted molar refractivity (Wildman–Crippen MR) is 339 cm³/mol. The normalized spacial score (nSPS) is 13.5. The van der Waals surface area contributed by atoms with Crippen LogP contribution >= 0.6 is 91.8 Å². The fraction of sp³-hybridized carbons (Fsp3) is 0.242. The van der Waals surface area contributed by atoms with Gasteiger partial charge in [0.05, 0.1) is 0 Å². The Bertz CT molecular complexity index is 4860. The molecule has 12 aromatic carbocycles. The van der Waals surface area contributed by atoms with Crippen molar-refractivity contribution in [1.29, 1.82) is 0 Å². The summed E-state index contributed by atoms with van der Waals surface area (Å²) < 4.78 is 5.28. The first kappa shape index (κ1) is 44.6. The molecule has 0 bridgehead atoms. The van der Waals surface area contributed by atoms with Gasteiger partial charge in [0, 0.05) is 188 Å². The zero-order valence-corrected chi connectivity index (χ0v) is 47.7. The van der Waals surface area contributed by atoms with Gasteiger partial charge in [-0.1, -0.05) is 124 Å². The molecule has 0 amide bonds. The lowest BCUT2D eigenvalue weighted by Gasteiger charge is -2.26. The summed E-state index contributed by atoms with van der Waals surface area (Å²) in [5, 5.41) is 37.5. The lowest BCUT2D eigenvalue weighted by atomic mass is 9.76. The van der Waals surface area contributed by atoms with Crippen LogP contribution < -0.4 is 0 Å². The molecule has 1 aliphatic rings. The zero-order chi connectivity index (χ0) is 49.5. The van der Waals surface area contributed by atoms with Gasteiger partial charge in [-0.2, -0.15) is 0 Å². The lowest BCUT2D eigenvalue weighted by Crippen LogP contribution is -1.97. The number of fused-ring (bicyclic) bond motifs is 13. The van der Waals surface area contributed by atoms with Crippen molar-refractivity contribution in [3.8, 4) is 11.1 Å². The summed E-state index contributed by atoms with van der Waals surface area (Å²) in [4.78, 5) is 5.83. The second-order valence-electron chi connectivity index (χ2n) is 21.7. The fourth-order valence-corrected chi connectivity index (χ4v) is 21.4. The third-order valence-electron chi connectivity index (χ3n) is 17.7. The number of unbranched alkanes of at least 4 members (excludes halogenated alkanes) is 4. The Kier molecular flexibility index (Phi) is 9.42. The monoisotopic (exact) mass is 1110 g/mol. The van der Waals surface area contributed by atoms with Crippen LogP contribution in [0, 0.1) is 0 Å². The molecule has 8 heteroatoms. The smallest absolute Gasteiger partial charge is 0.0499 e. The van der Waals surface area contributed by atoms with E-state index in [1.54, 1.807) is 0 Å². The Balaban J connectivity index is 1.33. The summed E-state index contributed by atoms with van der Waals surface area (Å²) in [6, 6.07) is 23.2. The highest BCUT2D eigenvalue weighted by Gasteiger charge is 2.38. The van der Waals surface area contributed by atoms with E-state index in [1.165, 1.54) is 189 Å². The van der Waals surface area contributed by atoms with Crippen molar-refractivity contribution < 1.29 is 0 Å². The summed E-state index contributed by atoms with van der Waals surface area (Å²) in [5.74, 6) is 0.